The van der Waals surface area contributed by atoms with E-state index in [2.05, 4.69) is 15.9 Å². The fraction of sp³-hybridized carbons (Fsp3) is 0.133. The molecule has 0 saturated heterocycles. The van der Waals surface area contributed by atoms with Gasteiger partial charge in [0.1, 0.15) is 6.61 Å². The Balaban J connectivity index is 2.28. The van der Waals surface area contributed by atoms with Crippen LogP contribution in [0.1, 0.15) is 15.9 Å². The molecule has 0 bridgehead atoms. The van der Waals surface area contributed by atoms with Crippen LogP contribution in [0.3, 0.4) is 0 Å². The second-order valence-corrected chi connectivity index (χ2v) is 4.74. The van der Waals surface area contributed by atoms with Crippen molar-refractivity contribution in [3.05, 3.63) is 58.1 Å². The lowest BCUT2D eigenvalue weighted by Gasteiger charge is -2.13. The van der Waals surface area contributed by atoms with Gasteiger partial charge in [0, 0.05) is 4.47 Å². The van der Waals surface area contributed by atoms with E-state index in [1.165, 1.54) is 0 Å². The summed E-state index contributed by atoms with van der Waals surface area (Å²) in [7, 11) is 1.55. The molecule has 0 atom stereocenters. The zero-order chi connectivity index (χ0) is 13.7. The number of ether oxygens (including phenoxy) is 2. The van der Waals surface area contributed by atoms with Crippen LogP contribution in [-0.4, -0.2) is 13.4 Å². The molecule has 4 heteroatoms. The zero-order valence-electron chi connectivity index (χ0n) is 10.4. The Labute approximate surface area is 120 Å². The normalized spacial score (nSPS) is 10.0. The third-order valence-electron chi connectivity index (χ3n) is 2.67. The Hall–Kier alpha value is -1.81. The highest BCUT2D eigenvalue weighted by Crippen LogP contribution is 2.35. The molecule has 0 unspecified atom stereocenters. The van der Waals surface area contributed by atoms with E-state index in [0.717, 1.165) is 11.8 Å². The Morgan fingerprint density at radius 3 is 2.53 bits per heavy atom. The molecule has 2 aromatic carbocycles. The molecular formula is C15H13BrO3. The topological polar surface area (TPSA) is 35.5 Å². The van der Waals surface area contributed by atoms with Gasteiger partial charge in [0.05, 0.1) is 12.7 Å². The minimum atomic E-state index is 0.383. The number of benzene rings is 2. The maximum atomic E-state index is 11.2. The van der Waals surface area contributed by atoms with Gasteiger partial charge in [-0.3, -0.25) is 4.79 Å². The third-order valence-corrected chi connectivity index (χ3v) is 3.36. The molecule has 0 saturated carbocycles. The van der Waals surface area contributed by atoms with Gasteiger partial charge in [0.25, 0.3) is 0 Å². The fourth-order valence-electron chi connectivity index (χ4n) is 1.70. The number of halogens is 1. The van der Waals surface area contributed by atoms with E-state index in [4.69, 9.17) is 9.47 Å². The first-order valence-corrected chi connectivity index (χ1v) is 6.54. The minimum Gasteiger partial charge on any atom is -0.493 e. The van der Waals surface area contributed by atoms with Crippen molar-refractivity contribution in [1.29, 1.82) is 0 Å². The number of carbonyl (C=O) groups excluding carboxylic acids is 1. The minimum absolute atomic E-state index is 0.383. The molecule has 0 N–H and O–H groups in total. The standard InChI is InChI=1S/C15H13BrO3/c1-18-14-8-7-13(16)12(9-17)15(14)19-10-11-5-3-2-4-6-11/h2-9H,10H2,1H3. The summed E-state index contributed by atoms with van der Waals surface area (Å²) in [5.74, 6) is 0.997. The molecule has 0 heterocycles. The van der Waals surface area contributed by atoms with Crippen LogP contribution in [0.2, 0.25) is 0 Å². The Morgan fingerprint density at radius 1 is 1.16 bits per heavy atom. The van der Waals surface area contributed by atoms with Gasteiger partial charge in [-0.05, 0) is 33.6 Å². The number of rotatable bonds is 5. The SMILES string of the molecule is COc1ccc(Br)c(C=O)c1OCc1ccccc1. The average Bonchev–Trinajstić information content (AvgIpc) is 2.46. The van der Waals surface area contributed by atoms with Gasteiger partial charge in [-0.1, -0.05) is 30.3 Å². The van der Waals surface area contributed by atoms with Crippen LogP contribution in [0.15, 0.2) is 46.9 Å². The Bertz CT molecular complexity index is 567. The molecule has 0 aliphatic heterocycles. The fourth-order valence-corrected chi connectivity index (χ4v) is 2.11. The number of hydrogen-bond acceptors (Lipinski definition) is 3. The summed E-state index contributed by atoms with van der Waals surface area (Å²) in [4.78, 5) is 11.2. The van der Waals surface area contributed by atoms with E-state index in [1.54, 1.807) is 19.2 Å². The summed E-state index contributed by atoms with van der Waals surface area (Å²) in [6.07, 6.45) is 0.757. The highest BCUT2D eigenvalue weighted by molar-refractivity contribution is 9.10. The van der Waals surface area contributed by atoms with Gasteiger partial charge >= 0.3 is 0 Å². The van der Waals surface area contributed by atoms with Crippen molar-refractivity contribution in [2.24, 2.45) is 0 Å². The third kappa shape index (κ3) is 3.15. The van der Waals surface area contributed by atoms with Crippen LogP contribution in [-0.2, 0) is 6.61 Å². The van der Waals surface area contributed by atoms with Crippen molar-refractivity contribution in [1.82, 2.24) is 0 Å². The first-order chi connectivity index (χ1) is 9.26. The maximum absolute atomic E-state index is 11.2. The molecule has 0 spiro atoms. The van der Waals surface area contributed by atoms with Gasteiger partial charge < -0.3 is 9.47 Å². The molecule has 0 amide bonds. The van der Waals surface area contributed by atoms with Crippen LogP contribution in [0.5, 0.6) is 11.5 Å². The molecule has 2 rings (SSSR count). The van der Waals surface area contributed by atoms with Gasteiger partial charge in [-0.2, -0.15) is 0 Å². The van der Waals surface area contributed by atoms with Crippen molar-refractivity contribution in [3.8, 4) is 11.5 Å². The highest BCUT2D eigenvalue weighted by Gasteiger charge is 2.14. The lowest BCUT2D eigenvalue weighted by atomic mass is 10.2. The molecule has 0 aromatic heterocycles. The Morgan fingerprint density at radius 2 is 1.89 bits per heavy atom. The second kappa shape index (κ2) is 6.38. The summed E-state index contributed by atoms with van der Waals surface area (Å²) in [6.45, 7) is 0.383. The summed E-state index contributed by atoms with van der Waals surface area (Å²) >= 11 is 3.33. The van der Waals surface area contributed by atoms with Crippen LogP contribution in [0.4, 0.5) is 0 Å². The van der Waals surface area contributed by atoms with E-state index in [9.17, 15) is 4.79 Å². The van der Waals surface area contributed by atoms with Gasteiger partial charge in [0.15, 0.2) is 17.8 Å². The lowest BCUT2D eigenvalue weighted by Crippen LogP contribution is -2.01. The number of carbonyl (C=O) groups is 1. The van der Waals surface area contributed by atoms with Crippen LogP contribution < -0.4 is 9.47 Å². The maximum Gasteiger partial charge on any atom is 0.173 e. The Kier molecular flexibility index (Phi) is 4.58. The van der Waals surface area contributed by atoms with Crippen molar-refractivity contribution < 1.29 is 14.3 Å². The van der Waals surface area contributed by atoms with E-state index >= 15 is 0 Å². The summed E-state index contributed by atoms with van der Waals surface area (Å²) in [5.41, 5.74) is 1.48. The highest BCUT2D eigenvalue weighted by atomic mass is 79.9. The van der Waals surface area contributed by atoms with Crippen molar-refractivity contribution in [3.63, 3.8) is 0 Å². The van der Waals surface area contributed by atoms with Gasteiger partial charge in [0.2, 0.25) is 0 Å². The largest absolute Gasteiger partial charge is 0.493 e. The monoisotopic (exact) mass is 320 g/mol. The van der Waals surface area contributed by atoms with E-state index in [-0.39, 0.29) is 0 Å². The quantitative estimate of drug-likeness (QED) is 0.785. The summed E-state index contributed by atoms with van der Waals surface area (Å²) in [6, 6.07) is 13.3. The van der Waals surface area contributed by atoms with Crippen molar-refractivity contribution in [2.75, 3.05) is 7.11 Å². The summed E-state index contributed by atoms with van der Waals surface area (Å²) in [5, 5.41) is 0. The van der Waals surface area contributed by atoms with Crippen molar-refractivity contribution >= 4 is 22.2 Å². The summed E-state index contributed by atoms with van der Waals surface area (Å²) < 4.78 is 11.6. The van der Waals surface area contributed by atoms with Crippen LogP contribution in [0, 0.1) is 0 Å². The van der Waals surface area contributed by atoms with Crippen molar-refractivity contribution in [2.45, 2.75) is 6.61 Å². The molecule has 0 aliphatic rings. The molecule has 0 aliphatic carbocycles. The average molecular weight is 321 g/mol. The first-order valence-electron chi connectivity index (χ1n) is 5.74. The number of aldehydes is 1. The molecule has 2 aromatic rings. The zero-order valence-corrected chi connectivity index (χ0v) is 12.0. The van der Waals surface area contributed by atoms with E-state index in [0.29, 0.717) is 28.1 Å². The van der Waals surface area contributed by atoms with Gasteiger partial charge in [-0.25, -0.2) is 0 Å². The molecule has 98 valence electrons. The lowest BCUT2D eigenvalue weighted by molar-refractivity contribution is 0.111. The van der Waals surface area contributed by atoms with Crippen LogP contribution >= 0.6 is 15.9 Å². The molecule has 0 radical (unpaired) electrons. The van der Waals surface area contributed by atoms with E-state index in [1.807, 2.05) is 30.3 Å². The molecule has 3 nitrogen and oxygen atoms in total. The number of hydrogen-bond donors (Lipinski definition) is 0. The molecule has 19 heavy (non-hydrogen) atoms. The number of methoxy groups -OCH3 is 1. The second-order valence-electron chi connectivity index (χ2n) is 3.88. The smallest absolute Gasteiger partial charge is 0.173 e. The predicted molar refractivity (Wildman–Crippen MR) is 76.9 cm³/mol. The molecular weight excluding hydrogens is 308 g/mol. The van der Waals surface area contributed by atoms with Gasteiger partial charge in [-0.15, -0.1) is 0 Å². The molecule has 0 fully saturated rings. The van der Waals surface area contributed by atoms with Crippen LogP contribution in [0.25, 0.3) is 0 Å². The van der Waals surface area contributed by atoms with E-state index < -0.39 is 0 Å². The first kappa shape index (κ1) is 13.6. The predicted octanol–water partition coefficient (Wildman–Crippen LogP) is 3.85.